The quantitative estimate of drug-likeness (QED) is 0.629. The highest BCUT2D eigenvalue weighted by molar-refractivity contribution is 5.93. The summed E-state index contributed by atoms with van der Waals surface area (Å²) in [5.74, 6) is -0.452. The number of carbonyl (C=O) groups is 2. The Hall–Kier alpha value is -2.24. The highest BCUT2D eigenvalue weighted by Gasteiger charge is 2.31. The largest absolute Gasteiger partial charge is 0.465 e. The minimum absolute atomic E-state index is 0.0367. The van der Waals surface area contributed by atoms with E-state index in [1.165, 1.54) is 7.11 Å². The second kappa shape index (κ2) is 5.81. The average molecular weight is 277 g/mol. The molecule has 1 aliphatic rings. The Morgan fingerprint density at radius 1 is 1.45 bits per heavy atom. The summed E-state index contributed by atoms with van der Waals surface area (Å²) in [7, 11) is 2.95. The molecule has 1 amide bonds. The molecule has 0 aromatic heterocycles. The first-order valence-corrected chi connectivity index (χ1v) is 6.54. The average Bonchev–Trinajstić information content (AvgIpc) is 2.95. The Labute approximate surface area is 117 Å². The molecule has 3 N–H and O–H groups in total. The Morgan fingerprint density at radius 3 is 2.85 bits per heavy atom. The molecule has 1 fully saturated rings. The van der Waals surface area contributed by atoms with Gasteiger partial charge in [0.1, 0.15) is 6.04 Å². The lowest BCUT2D eigenvalue weighted by atomic mass is 10.1. The Balaban J connectivity index is 2.35. The summed E-state index contributed by atoms with van der Waals surface area (Å²) in [6.45, 7) is 0.743. The van der Waals surface area contributed by atoms with Crippen LogP contribution in [0.3, 0.4) is 0 Å². The lowest BCUT2D eigenvalue weighted by Gasteiger charge is -2.27. The highest BCUT2D eigenvalue weighted by atomic mass is 16.5. The second-order valence-corrected chi connectivity index (χ2v) is 4.73. The van der Waals surface area contributed by atoms with Gasteiger partial charge in [-0.05, 0) is 31.0 Å². The van der Waals surface area contributed by atoms with Gasteiger partial charge in [0.05, 0.1) is 24.0 Å². The van der Waals surface area contributed by atoms with Gasteiger partial charge in [-0.3, -0.25) is 4.79 Å². The van der Waals surface area contributed by atoms with Crippen LogP contribution in [0.15, 0.2) is 18.2 Å². The van der Waals surface area contributed by atoms with Crippen molar-refractivity contribution in [3.63, 3.8) is 0 Å². The van der Waals surface area contributed by atoms with Gasteiger partial charge in [0, 0.05) is 13.6 Å². The van der Waals surface area contributed by atoms with E-state index >= 15 is 0 Å². The van der Waals surface area contributed by atoms with Crippen LogP contribution in [0, 0.1) is 0 Å². The number of carbonyl (C=O) groups excluding carboxylic acids is 2. The number of nitrogens with zero attached hydrogens (tertiary/aromatic N) is 1. The SMILES string of the molecule is CNC(=O)C1CCCN1c1cc(C(=O)OC)ccc1N. The van der Waals surface area contributed by atoms with Gasteiger partial charge in [0.25, 0.3) is 0 Å². The topological polar surface area (TPSA) is 84.7 Å². The van der Waals surface area contributed by atoms with Crippen molar-refractivity contribution in [2.45, 2.75) is 18.9 Å². The molecule has 1 atom stereocenters. The molecular formula is C14H19N3O3. The molecule has 0 saturated carbocycles. The number of hydrogen-bond donors (Lipinski definition) is 2. The fourth-order valence-electron chi connectivity index (χ4n) is 2.53. The maximum Gasteiger partial charge on any atom is 0.337 e. The fraction of sp³-hybridized carbons (Fsp3) is 0.429. The van der Waals surface area contributed by atoms with Gasteiger partial charge < -0.3 is 20.7 Å². The van der Waals surface area contributed by atoms with Gasteiger partial charge in [0.2, 0.25) is 5.91 Å². The van der Waals surface area contributed by atoms with Crippen LogP contribution in [-0.4, -0.2) is 38.6 Å². The van der Waals surface area contributed by atoms with Crippen molar-refractivity contribution in [2.75, 3.05) is 31.3 Å². The number of nitrogens with one attached hydrogen (secondary N) is 1. The molecule has 1 unspecified atom stereocenters. The van der Waals surface area contributed by atoms with Gasteiger partial charge in [-0.2, -0.15) is 0 Å². The van der Waals surface area contributed by atoms with Gasteiger partial charge in [-0.25, -0.2) is 4.79 Å². The number of methoxy groups -OCH3 is 1. The summed E-state index contributed by atoms with van der Waals surface area (Å²) in [6, 6.07) is 4.73. The number of ether oxygens (including phenoxy) is 1. The number of nitrogens with two attached hydrogens (primary N) is 1. The molecule has 6 heteroatoms. The maximum absolute atomic E-state index is 11.9. The first-order chi connectivity index (χ1) is 9.58. The molecular weight excluding hydrogens is 258 g/mol. The smallest absolute Gasteiger partial charge is 0.337 e. The monoisotopic (exact) mass is 277 g/mol. The van der Waals surface area contributed by atoms with Crippen LogP contribution in [0.5, 0.6) is 0 Å². The summed E-state index contributed by atoms with van der Waals surface area (Å²) in [5.41, 5.74) is 7.68. The van der Waals surface area contributed by atoms with Crippen LogP contribution in [0.4, 0.5) is 11.4 Å². The van der Waals surface area contributed by atoms with E-state index in [0.717, 1.165) is 19.4 Å². The van der Waals surface area contributed by atoms with Crippen molar-refractivity contribution < 1.29 is 14.3 Å². The highest BCUT2D eigenvalue weighted by Crippen LogP contribution is 2.31. The zero-order valence-corrected chi connectivity index (χ0v) is 11.7. The van der Waals surface area contributed by atoms with E-state index in [4.69, 9.17) is 10.5 Å². The number of likely N-dealkylation sites (N-methyl/N-ethyl adjacent to an activating group) is 1. The number of benzene rings is 1. The molecule has 0 radical (unpaired) electrons. The molecule has 108 valence electrons. The lowest BCUT2D eigenvalue weighted by molar-refractivity contribution is -0.121. The molecule has 0 spiro atoms. The molecule has 1 saturated heterocycles. The van der Waals surface area contributed by atoms with Crippen molar-refractivity contribution in [3.8, 4) is 0 Å². The molecule has 0 aliphatic carbocycles. The molecule has 6 nitrogen and oxygen atoms in total. The molecule has 1 aromatic carbocycles. The van der Waals surface area contributed by atoms with Crippen LogP contribution in [-0.2, 0) is 9.53 Å². The number of rotatable bonds is 3. The number of esters is 1. The number of nitrogen functional groups attached to an aromatic ring is 1. The van der Waals surface area contributed by atoms with E-state index in [1.54, 1.807) is 25.2 Å². The van der Waals surface area contributed by atoms with Crippen molar-refractivity contribution in [2.24, 2.45) is 0 Å². The fourth-order valence-corrected chi connectivity index (χ4v) is 2.53. The molecule has 20 heavy (non-hydrogen) atoms. The first kappa shape index (κ1) is 14.2. The Kier molecular flexibility index (Phi) is 4.12. The predicted octanol–water partition coefficient (Wildman–Crippen LogP) is 0.770. The predicted molar refractivity (Wildman–Crippen MR) is 76.6 cm³/mol. The summed E-state index contributed by atoms with van der Waals surface area (Å²) >= 11 is 0. The van der Waals surface area contributed by atoms with E-state index < -0.39 is 5.97 Å². The first-order valence-electron chi connectivity index (χ1n) is 6.54. The number of hydrogen-bond acceptors (Lipinski definition) is 5. The second-order valence-electron chi connectivity index (χ2n) is 4.73. The molecule has 1 heterocycles. The van der Waals surface area contributed by atoms with Crippen LogP contribution in [0.25, 0.3) is 0 Å². The summed E-state index contributed by atoms with van der Waals surface area (Å²) in [4.78, 5) is 25.4. The molecule has 1 aliphatic heterocycles. The third-order valence-corrected chi connectivity index (χ3v) is 3.56. The zero-order chi connectivity index (χ0) is 14.7. The summed E-state index contributed by atoms with van der Waals surface area (Å²) in [5, 5.41) is 2.66. The molecule has 0 bridgehead atoms. The minimum Gasteiger partial charge on any atom is -0.465 e. The van der Waals surface area contributed by atoms with Gasteiger partial charge in [-0.15, -0.1) is 0 Å². The normalized spacial score (nSPS) is 17.9. The van der Waals surface area contributed by atoms with Crippen LogP contribution >= 0.6 is 0 Å². The maximum atomic E-state index is 11.9. The lowest BCUT2D eigenvalue weighted by Crippen LogP contribution is -2.42. The van der Waals surface area contributed by atoms with Crippen molar-refractivity contribution in [1.82, 2.24) is 5.32 Å². The van der Waals surface area contributed by atoms with Gasteiger partial charge in [0.15, 0.2) is 0 Å². The number of anilines is 2. The van der Waals surface area contributed by atoms with Crippen molar-refractivity contribution in [3.05, 3.63) is 23.8 Å². The van der Waals surface area contributed by atoms with E-state index in [1.807, 2.05) is 4.90 Å². The van der Waals surface area contributed by atoms with Gasteiger partial charge >= 0.3 is 5.97 Å². The van der Waals surface area contributed by atoms with E-state index in [2.05, 4.69) is 5.32 Å². The Morgan fingerprint density at radius 2 is 2.20 bits per heavy atom. The van der Waals surface area contributed by atoms with Gasteiger partial charge in [-0.1, -0.05) is 0 Å². The minimum atomic E-state index is -0.415. The molecule has 2 rings (SSSR count). The number of amides is 1. The van der Waals surface area contributed by atoms with Crippen LogP contribution in [0.1, 0.15) is 23.2 Å². The Bertz CT molecular complexity index is 530. The van der Waals surface area contributed by atoms with E-state index in [0.29, 0.717) is 16.9 Å². The van der Waals surface area contributed by atoms with Crippen LogP contribution < -0.4 is 16.0 Å². The zero-order valence-electron chi connectivity index (χ0n) is 11.7. The van der Waals surface area contributed by atoms with Crippen molar-refractivity contribution in [1.29, 1.82) is 0 Å². The third kappa shape index (κ3) is 2.54. The third-order valence-electron chi connectivity index (χ3n) is 3.56. The molecule has 1 aromatic rings. The summed E-state index contributed by atoms with van der Waals surface area (Å²) in [6.07, 6.45) is 1.70. The van der Waals surface area contributed by atoms with E-state index in [-0.39, 0.29) is 11.9 Å². The van der Waals surface area contributed by atoms with Crippen LogP contribution in [0.2, 0.25) is 0 Å². The van der Waals surface area contributed by atoms with Crippen molar-refractivity contribution >= 4 is 23.3 Å². The summed E-state index contributed by atoms with van der Waals surface area (Å²) < 4.78 is 4.71. The standard InChI is InChI=1S/C14H19N3O3/c1-16-13(18)11-4-3-7-17(11)12-8-9(14(19)20-2)5-6-10(12)15/h5-6,8,11H,3-4,7,15H2,1-2H3,(H,16,18). The van der Waals surface area contributed by atoms with E-state index in [9.17, 15) is 9.59 Å².